The van der Waals surface area contributed by atoms with Gasteiger partial charge in [-0.1, -0.05) is 121 Å². The van der Waals surface area contributed by atoms with E-state index >= 15 is 0 Å². The van der Waals surface area contributed by atoms with Gasteiger partial charge in [0.05, 0.1) is 0 Å². The van der Waals surface area contributed by atoms with E-state index in [2.05, 4.69) is 128 Å². The molecule has 4 unspecified atom stereocenters. The summed E-state index contributed by atoms with van der Waals surface area (Å²) in [5, 5.41) is 0. The molecule has 0 spiro atoms. The van der Waals surface area contributed by atoms with Gasteiger partial charge in [-0.2, -0.15) is 0 Å². The largest absolute Gasteiger partial charge is 0.102 e. The monoisotopic (exact) mass is 428 g/mol. The van der Waals surface area contributed by atoms with Gasteiger partial charge in [0.15, 0.2) is 0 Å². The van der Waals surface area contributed by atoms with Crippen LogP contribution in [-0.2, 0) is 0 Å². The van der Waals surface area contributed by atoms with E-state index in [1.54, 1.807) is 5.56 Å². The molecule has 0 saturated carbocycles. The van der Waals surface area contributed by atoms with Crippen LogP contribution in [0.3, 0.4) is 0 Å². The van der Waals surface area contributed by atoms with Crippen molar-refractivity contribution in [1.82, 2.24) is 0 Å². The maximum Gasteiger partial charge on any atom is 0.00979 e. The molecule has 1 aliphatic rings. The van der Waals surface area contributed by atoms with Crippen LogP contribution in [0.5, 0.6) is 0 Å². The molecule has 4 aromatic carbocycles. The molecule has 4 aromatic rings. The van der Waals surface area contributed by atoms with Crippen LogP contribution in [0.25, 0.3) is 0 Å². The van der Waals surface area contributed by atoms with E-state index in [1.165, 1.54) is 35.1 Å². The summed E-state index contributed by atoms with van der Waals surface area (Å²) in [6.07, 6.45) is 5.59. The van der Waals surface area contributed by atoms with Crippen molar-refractivity contribution in [2.24, 2.45) is 0 Å². The van der Waals surface area contributed by atoms with Crippen molar-refractivity contribution in [3.63, 3.8) is 0 Å². The van der Waals surface area contributed by atoms with Crippen molar-refractivity contribution >= 4 is 0 Å². The molecule has 0 amide bonds. The van der Waals surface area contributed by atoms with Gasteiger partial charge in [-0.15, -0.1) is 6.58 Å². The highest BCUT2D eigenvalue weighted by atomic mass is 14.4. The van der Waals surface area contributed by atoms with Gasteiger partial charge in [-0.05, 0) is 58.9 Å². The van der Waals surface area contributed by atoms with E-state index in [9.17, 15) is 0 Å². The van der Waals surface area contributed by atoms with Gasteiger partial charge in [0.25, 0.3) is 0 Å². The lowest BCUT2D eigenvalue weighted by Crippen LogP contribution is -2.09. The molecule has 0 N–H and O–H groups in total. The van der Waals surface area contributed by atoms with Crippen LogP contribution < -0.4 is 0 Å². The maximum atomic E-state index is 4.20. The third-order valence-electron chi connectivity index (χ3n) is 7.42. The second-order valence-electron chi connectivity index (χ2n) is 9.36. The predicted octanol–water partition coefficient (Wildman–Crippen LogP) is 8.84. The Hall–Kier alpha value is -3.38. The minimum atomic E-state index is 0.359. The molecule has 4 atom stereocenters. The SMILES string of the molecule is C=CC(CC(CC1CC(c2ccccc2)c2ccccc21)c1ccccc1)c1ccccc1. The maximum absolute atomic E-state index is 4.20. The van der Waals surface area contributed by atoms with Crippen LogP contribution in [0.1, 0.15) is 70.8 Å². The zero-order valence-electron chi connectivity index (χ0n) is 19.2. The van der Waals surface area contributed by atoms with Crippen molar-refractivity contribution in [3.05, 3.63) is 156 Å². The van der Waals surface area contributed by atoms with Crippen molar-refractivity contribution < 1.29 is 0 Å². The molecule has 164 valence electrons. The Balaban J connectivity index is 1.45. The fourth-order valence-corrected chi connectivity index (χ4v) is 5.77. The van der Waals surface area contributed by atoms with E-state index in [0.29, 0.717) is 23.7 Å². The third-order valence-corrected chi connectivity index (χ3v) is 7.42. The summed E-state index contributed by atoms with van der Waals surface area (Å²) in [6, 6.07) is 42.2. The highest BCUT2D eigenvalue weighted by Crippen LogP contribution is 2.49. The van der Waals surface area contributed by atoms with E-state index in [4.69, 9.17) is 0 Å². The molecule has 5 rings (SSSR count). The number of rotatable bonds is 8. The second kappa shape index (κ2) is 10.0. The molecule has 0 saturated heterocycles. The molecule has 0 heteroatoms. The number of hydrogen-bond acceptors (Lipinski definition) is 0. The van der Waals surface area contributed by atoms with E-state index in [0.717, 1.165) is 6.42 Å². The molecule has 0 aromatic heterocycles. The fraction of sp³-hybridized carbons (Fsp3) is 0.212. The number of allylic oxidation sites excluding steroid dienone is 1. The minimum absolute atomic E-state index is 0.359. The molecule has 0 nitrogen and oxygen atoms in total. The summed E-state index contributed by atoms with van der Waals surface area (Å²) in [7, 11) is 0. The molecule has 1 aliphatic carbocycles. The van der Waals surface area contributed by atoms with Crippen LogP contribution in [0.15, 0.2) is 128 Å². The number of fused-ring (bicyclic) bond motifs is 1. The first kappa shape index (κ1) is 21.5. The van der Waals surface area contributed by atoms with Gasteiger partial charge < -0.3 is 0 Å². The molecular formula is C33H32. The highest BCUT2D eigenvalue weighted by molar-refractivity contribution is 5.45. The zero-order valence-corrected chi connectivity index (χ0v) is 19.2. The Morgan fingerprint density at radius 1 is 0.667 bits per heavy atom. The predicted molar refractivity (Wildman–Crippen MR) is 140 cm³/mol. The molecule has 33 heavy (non-hydrogen) atoms. The van der Waals surface area contributed by atoms with E-state index in [1.807, 2.05) is 0 Å². The average Bonchev–Trinajstić information content (AvgIpc) is 3.26. The first-order chi connectivity index (χ1) is 16.3. The highest BCUT2D eigenvalue weighted by Gasteiger charge is 2.33. The standard InChI is InChI=1S/C33H32/c1-2-25(26-14-6-3-7-15-26)22-29(27-16-8-4-9-17-27)23-30-24-33(28-18-10-5-11-19-28)32-21-13-12-20-31(30)32/h2-21,25,29-30,33H,1,22-24H2. The molecule has 0 aliphatic heterocycles. The Kier molecular flexibility index (Phi) is 6.53. The molecule has 0 fully saturated rings. The van der Waals surface area contributed by atoms with Crippen LogP contribution >= 0.6 is 0 Å². The normalized spacial score (nSPS) is 18.9. The summed E-state index contributed by atoms with van der Waals surface area (Å²) in [5.74, 6) is 1.91. The summed E-state index contributed by atoms with van der Waals surface area (Å²) in [5.41, 5.74) is 7.31. The van der Waals surface area contributed by atoms with E-state index in [-0.39, 0.29) is 0 Å². The van der Waals surface area contributed by atoms with E-state index < -0.39 is 0 Å². The lowest BCUT2D eigenvalue weighted by atomic mass is 9.78. The van der Waals surface area contributed by atoms with Crippen LogP contribution in [0.4, 0.5) is 0 Å². The van der Waals surface area contributed by atoms with Gasteiger partial charge in [-0.25, -0.2) is 0 Å². The average molecular weight is 429 g/mol. The summed E-state index contributed by atoms with van der Waals surface area (Å²) < 4.78 is 0. The molecule has 0 radical (unpaired) electrons. The Morgan fingerprint density at radius 2 is 1.21 bits per heavy atom. The molecular weight excluding hydrogens is 396 g/mol. The third kappa shape index (κ3) is 4.71. The zero-order chi connectivity index (χ0) is 22.5. The Morgan fingerprint density at radius 3 is 1.85 bits per heavy atom. The fourth-order valence-electron chi connectivity index (χ4n) is 5.77. The van der Waals surface area contributed by atoms with Gasteiger partial charge in [0, 0.05) is 11.8 Å². The van der Waals surface area contributed by atoms with Crippen molar-refractivity contribution in [1.29, 1.82) is 0 Å². The quantitative estimate of drug-likeness (QED) is 0.246. The molecule has 0 bridgehead atoms. The first-order valence-corrected chi connectivity index (χ1v) is 12.2. The van der Waals surface area contributed by atoms with Gasteiger partial charge in [0.2, 0.25) is 0 Å². The van der Waals surface area contributed by atoms with Crippen LogP contribution in [0, 0.1) is 0 Å². The van der Waals surface area contributed by atoms with Crippen LogP contribution in [0.2, 0.25) is 0 Å². The lowest BCUT2D eigenvalue weighted by molar-refractivity contribution is 0.477. The van der Waals surface area contributed by atoms with Gasteiger partial charge in [0.1, 0.15) is 0 Å². The van der Waals surface area contributed by atoms with Crippen LogP contribution in [-0.4, -0.2) is 0 Å². The first-order valence-electron chi connectivity index (χ1n) is 12.2. The molecule has 0 heterocycles. The van der Waals surface area contributed by atoms with Crippen molar-refractivity contribution in [2.45, 2.75) is 42.9 Å². The second-order valence-corrected chi connectivity index (χ2v) is 9.36. The summed E-state index contributed by atoms with van der Waals surface area (Å²) in [6.45, 7) is 4.20. The number of benzene rings is 4. The topological polar surface area (TPSA) is 0 Å². The summed E-state index contributed by atoms with van der Waals surface area (Å²) in [4.78, 5) is 0. The Labute approximate surface area is 198 Å². The summed E-state index contributed by atoms with van der Waals surface area (Å²) >= 11 is 0. The lowest BCUT2D eigenvalue weighted by Gasteiger charge is -2.26. The smallest absolute Gasteiger partial charge is 0.00979 e. The van der Waals surface area contributed by atoms with Gasteiger partial charge >= 0.3 is 0 Å². The Bertz CT molecular complexity index is 1160. The van der Waals surface area contributed by atoms with Crippen molar-refractivity contribution in [3.8, 4) is 0 Å². The van der Waals surface area contributed by atoms with Crippen molar-refractivity contribution in [2.75, 3.05) is 0 Å². The minimum Gasteiger partial charge on any atom is -0.102 e. The van der Waals surface area contributed by atoms with Gasteiger partial charge in [-0.3, -0.25) is 0 Å². The number of hydrogen-bond donors (Lipinski definition) is 0.